The van der Waals surface area contributed by atoms with Crippen molar-refractivity contribution in [3.8, 4) is 5.88 Å². The SMILES string of the molecule is Cc1nc2sc(C(c3ccc(Cl)cc3)N3CC(C)CC(C)C3)c(O)n2n1. The van der Waals surface area contributed by atoms with Crippen molar-refractivity contribution in [2.24, 2.45) is 11.8 Å². The molecule has 0 saturated carbocycles. The second-order valence-corrected chi connectivity index (χ2v) is 8.94. The third kappa shape index (κ3) is 3.21. The van der Waals surface area contributed by atoms with Gasteiger partial charge in [-0.05, 0) is 42.9 Å². The smallest absolute Gasteiger partial charge is 0.230 e. The Hall–Kier alpha value is -1.63. The lowest BCUT2D eigenvalue weighted by molar-refractivity contribution is 0.112. The van der Waals surface area contributed by atoms with Crippen LogP contribution in [0.3, 0.4) is 0 Å². The average molecular weight is 391 g/mol. The number of likely N-dealkylation sites (tertiary alicyclic amines) is 1. The van der Waals surface area contributed by atoms with Crippen LogP contribution in [0, 0.1) is 18.8 Å². The molecule has 0 bridgehead atoms. The molecule has 4 rings (SSSR count). The molecule has 1 saturated heterocycles. The van der Waals surface area contributed by atoms with Crippen LogP contribution in [0.4, 0.5) is 0 Å². The maximum Gasteiger partial charge on any atom is 0.230 e. The third-order valence-electron chi connectivity index (χ3n) is 5.00. The van der Waals surface area contributed by atoms with Gasteiger partial charge in [-0.1, -0.05) is 48.9 Å². The van der Waals surface area contributed by atoms with E-state index in [2.05, 4.69) is 41.0 Å². The van der Waals surface area contributed by atoms with Crippen LogP contribution in [-0.4, -0.2) is 37.7 Å². The minimum Gasteiger partial charge on any atom is -0.492 e. The summed E-state index contributed by atoms with van der Waals surface area (Å²) in [6.07, 6.45) is 1.24. The minimum absolute atomic E-state index is 0.0220. The van der Waals surface area contributed by atoms with E-state index in [1.54, 1.807) is 4.52 Å². The van der Waals surface area contributed by atoms with Gasteiger partial charge < -0.3 is 5.11 Å². The Morgan fingerprint density at radius 2 is 1.85 bits per heavy atom. The predicted molar refractivity (Wildman–Crippen MR) is 105 cm³/mol. The quantitative estimate of drug-likeness (QED) is 0.714. The number of piperidine rings is 1. The van der Waals surface area contributed by atoms with E-state index in [1.165, 1.54) is 17.8 Å². The molecular formula is C19H23ClN4OS. The number of aromatic nitrogens is 3. The van der Waals surface area contributed by atoms with Crippen molar-refractivity contribution in [1.29, 1.82) is 0 Å². The normalized spacial score (nSPS) is 22.8. The number of fused-ring (bicyclic) bond motifs is 1. The molecule has 1 fully saturated rings. The first-order valence-corrected chi connectivity index (χ1v) is 10.2. The van der Waals surface area contributed by atoms with Crippen LogP contribution in [-0.2, 0) is 0 Å². The lowest BCUT2D eigenvalue weighted by Gasteiger charge is -2.40. The standard InChI is InChI=1S/C19H23ClN4OS/c1-11-8-12(2)10-23(9-11)16(14-4-6-15(20)7-5-14)17-18(25)24-19(26-17)21-13(3)22-24/h4-7,11-12,16,25H,8-10H2,1-3H3. The van der Waals surface area contributed by atoms with Crippen molar-refractivity contribution in [2.45, 2.75) is 33.2 Å². The first-order chi connectivity index (χ1) is 12.4. The van der Waals surface area contributed by atoms with Crippen molar-refractivity contribution in [3.05, 3.63) is 45.6 Å². The topological polar surface area (TPSA) is 53.7 Å². The lowest BCUT2D eigenvalue weighted by Crippen LogP contribution is -2.41. The summed E-state index contributed by atoms with van der Waals surface area (Å²) in [5.41, 5.74) is 1.13. The summed E-state index contributed by atoms with van der Waals surface area (Å²) >= 11 is 7.62. The van der Waals surface area contributed by atoms with Crippen LogP contribution in [0.2, 0.25) is 5.02 Å². The van der Waals surface area contributed by atoms with Gasteiger partial charge in [0.25, 0.3) is 0 Å². The number of aromatic hydroxyl groups is 1. The fraction of sp³-hybridized carbons (Fsp3) is 0.474. The molecule has 7 heteroatoms. The molecule has 1 aliphatic rings. The number of thiazole rings is 1. The van der Waals surface area contributed by atoms with Crippen LogP contribution in [0.5, 0.6) is 5.88 Å². The maximum absolute atomic E-state index is 10.9. The van der Waals surface area contributed by atoms with Gasteiger partial charge in [0, 0.05) is 18.1 Å². The first-order valence-electron chi connectivity index (χ1n) is 8.97. The van der Waals surface area contributed by atoms with E-state index in [0.717, 1.165) is 33.5 Å². The highest BCUT2D eigenvalue weighted by Gasteiger charge is 2.33. The molecule has 3 unspecified atom stereocenters. The highest BCUT2D eigenvalue weighted by molar-refractivity contribution is 7.17. The molecule has 2 aromatic heterocycles. The van der Waals surface area contributed by atoms with E-state index in [9.17, 15) is 5.11 Å². The zero-order valence-electron chi connectivity index (χ0n) is 15.2. The number of hydrogen-bond acceptors (Lipinski definition) is 5. The zero-order valence-corrected chi connectivity index (χ0v) is 16.8. The Morgan fingerprint density at radius 3 is 2.46 bits per heavy atom. The van der Waals surface area contributed by atoms with Crippen LogP contribution < -0.4 is 0 Å². The van der Waals surface area contributed by atoms with Crippen LogP contribution in [0.1, 0.15) is 42.6 Å². The summed E-state index contributed by atoms with van der Waals surface area (Å²) in [5.74, 6) is 2.11. The van der Waals surface area contributed by atoms with Crippen molar-refractivity contribution in [3.63, 3.8) is 0 Å². The van der Waals surface area contributed by atoms with E-state index in [4.69, 9.17) is 11.6 Å². The maximum atomic E-state index is 10.9. The van der Waals surface area contributed by atoms with Gasteiger partial charge in [0.1, 0.15) is 5.82 Å². The van der Waals surface area contributed by atoms with Crippen LogP contribution >= 0.6 is 22.9 Å². The summed E-state index contributed by atoms with van der Waals surface area (Å²) in [6, 6.07) is 7.92. The Morgan fingerprint density at radius 1 is 1.19 bits per heavy atom. The van der Waals surface area contributed by atoms with E-state index >= 15 is 0 Å². The number of hydrogen-bond donors (Lipinski definition) is 1. The summed E-state index contributed by atoms with van der Waals surface area (Å²) < 4.78 is 1.55. The average Bonchev–Trinajstić information content (AvgIpc) is 3.07. The van der Waals surface area contributed by atoms with E-state index in [0.29, 0.717) is 17.7 Å². The zero-order chi connectivity index (χ0) is 18.4. The van der Waals surface area contributed by atoms with Gasteiger partial charge in [-0.25, -0.2) is 4.98 Å². The fourth-order valence-electron chi connectivity index (χ4n) is 4.12. The largest absolute Gasteiger partial charge is 0.492 e. The van der Waals surface area contributed by atoms with Gasteiger partial charge in [-0.3, -0.25) is 4.90 Å². The molecule has 0 aliphatic carbocycles. The second kappa shape index (κ2) is 6.83. The number of aryl methyl sites for hydroxylation is 1. The van der Waals surface area contributed by atoms with Crippen LogP contribution in [0.25, 0.3) is 4.96 Å². The predicted octanol–water partition coefficient (Wildman–Crippen LogP) is 4.53. The molecule has 0 spiro atoms. The van der Waals surface area contributed by atoms with Gasteiger partial charge in [0.15, 0.2) is 0 Å². The molecular weight excluding hydrogens is 368 g/mol. The minimum atomic E-state index is -0.0220. The van der Waals surface area contributed by atoms with Crippen molar-refractivity contribution in [2.75, 3.05) is 13.1 Å². The number of halogens is 1. The molecule has 3 aromatic rings. The van der Waals surface area contributed by atoms with Gasteiger partial charge in [-0.15, -0.1) is 5.10 Å². The molecule has 0 amide bonds. The Labute approximate surface area is 162 Å². The monoisotopic (exact) mass is 390 g/mol. The first kappa shape index (κ1) is 17.8. The summed E-state index contributed by atoms with van der Waals surface area (Å²) in [4.78, 5) is 8.52. The summed E-state index contributed by atoms with van der Waals surface area (Å²) in [7, 11) is 0. The molecule has 1 N–H and O–H groups in total. The number of benzene rings is 1. The van der Waals surface area contributed by atoms with E-state index in [1.807, 2.05) is 19.1 Å². The van der Waals surface area contributed by atoms with Crippen molar-refractivity contribution in [1.82, 2.24) is 19.5 Å². The van der Waals surface area contributed by atoms with E-state index < -0.39 is 0 Å². The molecule has 3 heterocycles. The number of rotatable bonds is 3. The Bertz CT molecular complexity index is 910. The van der Waals surface area contributed by atoms with Gasteiger partial charge in [0.05, 0.1) is 10.9 Å². The highest BCUT2D eigenvalue weighted by Crippen LogP contribution is 2.42. The Balaban J connectivity index is 1.82. The van der Waals surface area contributed by atoms with Crippen LogP contribution in [0.15, 0.2) is 24.3 Å². The lowest BCUT2D eigenvalue weighted by atomic mass is 9.89. The molecule has 1 aromatic carbocycles. The second-order valence-electron chi connectivity index (χ2n) is 7.50. The molecule has 26 heavy (non-hydrogen) atoms. The van der Waals surface area contributed by atoms with Crippen molar-refractivity contribution < 1.29 is 5.11 Å². The van der Waals surface area contributed by atoms with Gasteiger partial charge in [-0.2, -0.15) is 4.52 Å². The third-order valence-corrected chi connectivity index (χ3v) is 6.33. The summed E-state index contributed by atoms with van der Waals surface area (Å²) in [6.45, 7) is 8.44. The molecule has 0 radical (unpaired) electrons. The van der Waals surface area contributed by atoms with Gasteiger partial charge in [0.2, 0.25) is 10.8 Å². The number of nitrogens with zero attached hydrogens (tertiary/aromatic N) is 4. The molecule has 138 valence electrons. The highest BCUT2D eigenvalue weighted by atomic mass is 35.5. The molecule has 3 atom stereocenters. The Kier molecular flexibility index (Phi) is 4.67. The molecule has 5 nitrogen and oxygen atoms in total. The van der Waals surface area contributed by atoms with Gasteiger partial charge >= 0.3 is 0 Å². The van der Waals surface area contributed by atoms with Crippen molar-refractivity contribution >= 4 is 27.9 Å². The summed E-state index contributed by atoms with van der Waals surface area (Å²) in [5, 5.41) is 15.9. The fourth-order valence-corrected chi connectivity index (χ4v) is 5.41. The van der Waals surface area contributed by atoms with E-state index in [-0.39, 0.29) is 11.9 Å². The molecule has 1 aliphatic heterocycles.